The SMILES string of the molecule is CC1=NSC(C)(c2nnc3n2CCN(C(=O)c2ccc(Cl)c(F)c2)[C@@H]3C)N1. The van der Waals surface area contributed by atoms with Gasteiger partial charge < -0.3 is 14.8 Å². The van der Waals surface area contributed by atoms with Crippen LogP contribution in [-0.2, 0) is 11.4 Å². The van der Waals surface area contributed by atoms with E-state index in [9.17, 15) is 9.18 Å². The van der Waals surface area contributed by atoms with Crippen LogP contribution in [0.25, 0.3) is 0 Å². The number of rotatable bonds is 2. The highest BCUT2D eigenvalue weighted by molar-refractivity contribution is 7.99. The third kappa shape index (κ3) is 2.98. The number of benzene rings is 1. The van der Waals surface area contributed by atoms with Crippen molar-refractivity contribution in [1.29, 1.82) is 0 Å². The molecule has 0 fully saturated rings. The van der Waals surface area contributed by atoms with Gasteiger partial charge in [0.25, 0.3) is 5.91 Å². The zero-order valence-corrected chi connectivity index (χ0v) is 16.6. The van der Waals surface area contributed by atoms with Crippen LogP contribution in [-0.4, -0.2) is 38.0 Å². The predicted octanol–water partition coefficient (Wildman–Crippen LogP) is 3.13. The summed E-state index contributed by atoms with van der Waals surface area (Å²) >= 11 is 7.13. The van der Waals surface area contributed by atoms with Crippen LogP contribution in [0, 0.1) is 5.82 Å². The summed E-state index contributed by atoms with van der Waals surface area (Å²) in [6.07, 6.45) is 0. The van der Waals surface area contributed by atoms with Gasteiger partial charge in [-0.2, -0.15) is 0 Å². The van der Waals surface area contributed by atoms with Crippen LogP contribution in [0.3, 0.4) is 0 Å². The number of nitrogens with zero attached hydrogens (tertiary/aromatic N) is 5. The van der Waals surface area contributed by atoms with Crippen molar-refractivity contribution in [3.8, 4) is 0 Å². The van der Waals surface area contributed by atoms with Gasteiger partial charge in [-0.3, -0.25) is 4.79 Å². The highest BCUT2D eigenvalue weighted by Gasteiger charge is 2.41. The van der Waals surface area contributed by atoms with Gasteiger partial charge in [0.2, 0.25) is 0 Å². The molecule has 0 aliphatic carbocycles. The summed E-state index contributed by atoms with van der Waals surface area (Å²) in [6.45, 7) is 6.84. The number of hydrogen-bond acceptors (Lipinski definition) is 6. The quantitative estimate of drug-likeness (QED) is 0.772. The average Bonchev–Trinajstić information content (AvgIpc) is 3.22. The fourth-order valence-electron chi connectivity index (χ4n) is 3.46. The maximum atomic E-state index is 13.7. The number of hydrogen-bond donors (Lipinski definition) is 1. The van der Waals surface area contributed by atoms with Gasteiger partial charge in [0, 0.05) is 30.6 Å². The van der Waals surface area contributed by atoms with E-state index >= 15 is 0 Å². The molecule has 1 amide bonds. The van der Waals surface area contributed by atoms with Crippen molar-refractivity contribution in [2.24, 2.45) is 4.40 Å². The minimum atomic E-state index is -0.606. The Hall–Kier alpha value is -2.13. The first-order valence-electron chi connectivity index (χ1n) is 8.51. The van der Waals surface area contributed by atoms with Crippen molar-refractivity contribution in [2.45, 2.75) is 38.2 Å². The molecule has 142 valence electrons. The third-order valence-electron chi connectivity index (χ3n) is 4.82. The molecular formula is C17H18ClFN6OS. The Balaban J connectivity index is 1.62. The van der Waals surface area contributed by atoms with Gasteiger partial charge in [-0.15, -0.1) is 10.2 Å². The van der Waals surface area contributed by atoms with Gasteiger partial charge in [0.15, 0.2) is 16.5 Å². The lowest BCUT2D eigenvalue weighted by atomic mass is 10.1. The van der Waals surface area contributed by atoms with Crippen molar-refractivity contribution in [1.82, 2.24) is 25.0 Å². The summed E-state index contributed by atoms with van der Waals surface area (Å²) in [4.78, 5) is 14.1. The van der Waals surface area contributed by atoms with Gasteiger partial charge in [-0.25, -0.2) is 8.79 Å². The summed E-state index contributed by atoms with van der Waals surface area (Å²) in [6, 6.07) is 3.81. The number of fused-ring (bicyclic) bond motifs is 1. The lowest BCUT2D eigenvalue weighted by Crippen LogP contribution is -2.44. The van der Waals surface area contributed by atoms with Crippen LogP contribution in [0.15, 0.2) is 22.6 Å². The highest BCUT2D eigenvalue weighted by atomic mass is 35.5. The minimum Gasteiger partial charge on any atom is -0.351 e. The molecule has 1 aromatic heterocycles. The second-order valence-electron chi connectivity index (χ2n) is 6.76. The molecule has 1 aromatic carbocycles. The van der Waals surface area contributed by atoms with E-state index in [-0.39, 0.29) is 22.5 Å². The first kappa shape index (κ1) is 18.2. The van der Waals surface area contributed by atoms with Gasteiger partial charge in [0.1, 0.15) is 11.7 Å². The number of amidine groups is 1. The minimum absolute atomic E-state index is 0.00468. The van der Waals surface area contributed by atoms with Crippen LogP contribution < -0.4 is 5.32 Å². The molecule has 27 heavy (non-hydrogen) atoms. The lowest BCUT2D eigenvalue weighted by Gasteiger charge is -2.35. The van der Waals surface area contributed by atoms with Crippen LogP contribution in [0.2, 0.25) is 5.02 Å². The van der Waals surface area contributed by atoms with Gasteiger partial charge in [-0.05, 0) is 39.0 Å². The maximum Gasteiger partial charge on any atom is 0.254 e. The fourth-order valence-corrected chi connectivity index (χ4v) is 4.37. The van der Waals surface area contributed by atoms with E-state index in [0.29, 0.717) is 18.9 Å². The lowest BCUT2D eigenvalue weighted by molar-refractivity contribution is 0.0635. The largest absolute Gasteiger partial charge is 0.351 e. The van der Waals surface area contributed by atoms with Crippen molar-refractivity contribution in [3.05, 3.63) is 46.3 Å². The normalized spacial score (nSPS) is 24.4. The Labute approximate surface area is 165 Å². The smallest absolute Gasteiger partial charge is 0.254 e. The van der Waals surface area contributed by atoms with Crippen molar-refractivity contribution in [3.63, 3.8) is 0 Å². The topological polar surface area (TPSA) is 75.4 Å². The predicted molar refractivity (Wildman–Crippen MR) is 102 cm³/mol. The first-order valence-corrected chi connectivity index (χ1v) is 9.66. The molecule has 7 nitrogen and oxygen atoms in total. The van der Waals surface area contributed by atoms with Crippen molar-refractivity contribution in [2.75, 3.05) is 6.54 Å². The molecule has 2 atom stereocenters. The molecule has 4 rings (SSSR count). The Morgan fingerprint density at radius 1 is 1.41 bits per heavy atom. The molecule has 3 heterocycles. The third-order valence-corrected chi connectivity index (χ3v) is 6.15. The van der Waals surface area contributed by atoms with E-state index in [4.69, 9.17) is 11.6 Å². The number of carbonyl (C=O) groups is 1. The van der Waals surface area contributed by atoms with Gasteiger partial charge >= 0.3 is 0 Å². The number of carbonyl (C=O) groups excluding carboxylic acids is 1. The van der Waals surface area contributed by atoms with Gasteiger partial charge in [0.05, 0.1) is 11.1 Å². The Morgan fingerprint density at radius 2 is 2.19 bits per heavy atom. The molecule has 2 aliphatic rings. The highest BCUT2D eigenvalue weighted by Crippen LogP contribution is 2.39. The standard InChI is InChI=1S/C17H18ClFN6OS/c1-9-14-21-22-16(17(3)20-10(2)23-27-17)25(14)7-6-24(9)15(26)11-4-5-12(18)13(19)8-11/h4-5,8-9H,6-7H2,1-3H3,(H,20,23)/t9-,17?/m1/s1. The molecule has 0 radical (unpaired) electrons. The first-order chi connectivity index (χ1) is 12.8. The number of aromatic nitrogens is 3. The van der Waals surface area contributed by atoms with Gasteiger partial charge in [-0.1, -0.05) is 11.6 Å². The monoisotopic (exact) mass is 408 g/mol. The molecular weight excluding hydrogens is 391 g/mol. The molecule has 1 N–H and O–H groups in total. The fraction of sp³-hybridized carbons (Fsp3) is 0.412. The number of amides is 1. The van der Waals surface area contributed by atoms with E-state index in [1.165, 1.54) is 30.1 Å². The van der Waals surface area contributed by atoms with E-state index in [2.05, 4.69) is 19.9 Å². The van der Waals surface area contributed by atoms with E-state index in [0.717, 1.165) is 11.7 Å². The molecule has 2 aliphatic heterocycles. The summed E-state index contributed by atoms with van der Waals surface area (Å²) in [5.41, 5.74) is 0.265. The molecule has 0 saturated carbocycles. The Bertz CT molecular complexity index is 963. The van der Waals surface area contributed by atoms with Crippen molar-refractivity contribution < 1.29 is 9.18 Å². The summed E-state index contributed by atoms with van der Waals surface area (Å²) < 4.78 is 20.1. The average molecular weight is 409 g/mol. The van der Waals surface area contributed by atoms with Crippen LogP contribution in [0.4, 0.5) is 4.39 Å². The van der Waals surface area contributed by atoms with Crippen LogP contribution >= 0.6 is 23.5 Å². The maximum absolute atomic E-state index is 13.7. The molecule has 0 saturated heterocycles. The Morgan fingerprint density at radius 3 is 2.85 bits per heavy atom. The molecule has 1 unspecified atom stereocenters. The molecule has 0 bridgehead atoms. The van der Waals surface area contributed by atoms with Crippen LogP contribution in [0.1, 0.15) is 48.8 Å². The zero-order chi connectivity index (χ0) is 19.3. The second-order valence-corrected chi connectivity index (χ2v) is 8.35. The summed E-state index contributed by atoms with van der Waals surface area (Å²) in [7, 11) is 0. The molecule has 2 aromatic rings. The van der Waals surface area contributed by atoms with Crippen LogP contribution in [0.5, 0.6) is 0 Å². The van der Waals surface area contributed by atoms with E-state index in [1.54, 1.807) is 4.90 Å². The zero-order valence-electron chi connectivity index (χ0n) is 15.0. The molecule has 0 spiro atoms. The number of halogens is 2. The number of nitrogens with one attached hydrogen (secondary N) is 1. The van der Waals surface area contributed by atoms with E-state index < -0.39 is 10.7 Å². The Kier molecular flexibility index (Phi) is 4.38. The molecule has 10 heteroatoms. The summed E-state index contributed by atoms with van der Waals surface area (Å²) in [5, 5.41) is 12.0. The van der Waals surface area contributed by atoms with Crippen molar-refractivity contribution >= 4 is 35.3 Å². The summed E-state index contributed by atoms with van der Waals surface area (Å²) in [5.74, 6) is 1.45. The second kappa shape index (κ2) is 6.49. The van der Waals surface area contributed by atoms with E-state index in [1.807, 2.05) is 25.3 Å².